The monoisotopic (exact) mass is 279 g/mol. The van der Waals surface area contributed by atoms with Crippen LogP contribution in [0, 0.1) is 6.92 Å². The van der Waals surface area contributed by atoms with Gasteiger partial charge in [-0.25, -0.2) is 4.98 Å². The average molecular weight is 279 g/mol. The van der Waals surface area contributed by atoms with Crippen LogP contribution < -0.4 is 9.46 Å². The maximum Gasteiger partial charge on any atom is 0.278 e. The molecule has 2 N–H and O–H groups in total. The minimum absolute atomic E-state index is 0.0572. The number of ether oxygens (including phenoxy) is 1. The van der Waals surface area contributed by atoms with Crippen molar-refractivity contribution in [3.05, 3.63) is 35.8 Å². The van der Waals surface area contributed by atoms with Gasteiger partial charge in [0.05, 0.1) is 12.8 Å². The smallest absolute Gasteiger partial charge is 0.278 e. The first-order valence-electron chi connectivity index (χ1n) is 5.85. The number of anilines is 1. The van der Waals surface area contributed by atoms with Crippen LogP contribution in [0.5, 0.6) is 5.75 Å². The Bertz CT molecular complexity index is 722. The average Bonchev–Trinajstić information content (AvgIpc) is 2.96. The van der Waals surface area contributed by atoms with Crippen molar-refractivity contribution in [1.82, 2.24) is 9.97 Å². The van der Waals surface area contributed by atoms with E-state index in [2.05, 4.69) is 14.7 Å². The summed E-state index contributed by atoms with van der Waals surface area (Å²) in [6.07, 6.45) is 2.10. The van der Waals surface area contributed by atoms with Gasteiger partial charge < -0.3 is 9.72 Å². The maximum absolute atomic E-state index is 12.1. The fourth-order valence-electron chi connectivity index (χ4n) is 2.00. The molecule has 3 rings (SSSR count). The van der Waals surface area contributed by atoms with Crippen LogP contribution in [-0.2, 0) is 16.4 Å². The summed E-state index contributed by atoms with van der Waals surface area (Å²) >= 11 is 0. The number of aryl methyl sites for hydroxylation is 1. The topological polar surface area (TPSA) is 84.1 Å². The summed E-state index contributed by atoms with van der Waals surface area (Å²) in [5.41, 5.74) is 1.54. The lowest BCUT2D eigenvalue weighted by Crippen LogP contribution is -2.13. The first-order valence-corrected chi connectivity index (χ1v) is 7.33. The van der Waals surface area contributed by atoms with E-state index in [9.17, 15) is 8.42 Å². The van der Waals surface area contributed by atoms with Crippen LogP contribution in [0.4, 0.5) is 5.69 Å². The van der Waals surface area contributed by atoms with Gasteiger partial charge >= 0.3 is 0 Å². The zero-order valence-corrected chi connectivity index (χ0v) is 11.1. The summed E-state index contributed by atoms with van der Waals surface area (Å²) in [5, 5.41) is 0.0572. The number of fused-ring (bicyclic) bond motifs is 1. The van der Waals surface area contributed by atoms with Crippen LogP contribution in [0.2, 0.25) is 0 Å². The highest BCUT2D eigenvalue weighted by atomic mass is 32.2. The van der Waals surface area contributed by atoms with Crippen molar-refractivity contribution in [2.75, 3.05) is 11.3 Å². The molecule has 0 spiro atoms. The van der Waals surface area contributed by atoms with Gasteiger partial charge in [0.1, 0.15) is 11.6 Å². The highest BCUT2D eigenvalue weighted by Gasteiger charge is 2.18. The molecular formula is C12H13N3O3S. The standard InChI is InChI=1S/C12H13N3O3S/c1-8-13-7-12(14-8)19(16,17)15-10-2-3-11-9(6-10)4-5-18-11/h2-3,6-7,15H,4-5H2,1H3,(H,13,14). The van der Waals surface area contributed by atoms with Crippen molar-refractivity contribution in [2.24, 2.45) is 0 Å². The highest BCUT2D eigenvalue weighted by molar-refractivity contribution is 7.92. The van der Waals surface area contributed by atoms with Gasteiger partial charge in [-0.1, -0.05) is 0 Å². The molecule has 0 unspecified atom stereocenters. The Kier molecular flexibility index (Phi) is 2.70. The Morgan fingerprint density at radius 1 is 1.42 bits per heavy atom. The number of imidazole rings is 1. The Morgan fingerprint density at radius 3 is 3.00 bits per heavy atom. The molecule has 0 saturated heterocycles. The van der Waals surface area contributed by atoms with Gasteiger partial charge in [0.15, 0.2) is 5.03 Å². The minimum Gasteiger partial charge on any atom is -0.493 e. The Balaban J connectivity index is 1.89. The van der Waals surface area contributed by atoms with E-state index < -0.39 is 10.0 Å². The van der Waals surface area contributed by atoms with E-state index in [1.807, 2.05) is 0 Å². The van der Waals surface area contributed by atoms with Crippen LogP contribution in [0.3, 0.4) is 0 Å². The first kappa shape index (κ1) is 12.0. The molecule has 2 heterocycles. The second kappa shape index (κ2) is 4.27. The summed E-state index contributed by atoms with van der Waals surface area (Å²) in [5.74, 6) is 1.38. The molecule has 6 nitrogen and oxygen atoms in total. The van der Waals surface area contributed by atoms with Gasteiger partial charge in [-0.15, -0.1) is 0 Å². The fraction of sp³-hybridized carbons (Fsp3) is 0.250. The molecule has 100 valence electrons. The number of hydrogen-bond donors (Lipinski definition) is 2. The molecule has 1 aromatic heterocycles. The lowest BCUT2D eigenvalue weighted by Gasteiger charge is -2.07. The van der Waals surface area contributed by atoms with E-state index in [0.29, 0.717) is 18.1 Å². The third kappa shape index (κ3) is 2.28. The summed E-state index contributed by atoms with van der Waals surface area (Å²) in [7, 11) is -3.62. The van der Waals surface area contributed by atoms with E-state index in [-0.39, 0.29) is 5.03 Å². The molecule has 0 aliphatic carbocycles. The number of aromatic amines is 1. The highest BCUT2D eigenvalue weighted by Crippen LogP contribution is 2.28. The number of H-pyrrole nitrogens is 1. The zero-order chi connectivity index (χ0) is 13.5. The van der Waals surface area contributed by atoms with E-state index in [1.165, 1.54) is 6.20 Å². The third-order valence-corrected chi connectivity index (χ3v) is 4.20. The first-order chi connectivity index (χ1) is 9.04. The number of aromatic nitrogens is 2. The van der Waals surface area contributed by atoms with Gasteiger partial charge in [-0.3, -0.25) is 4.72 Å². The molecule has 19 heavy (non-hydrogen) atoms. The SMILES string of the molecule is Cc1ncc(S(=O)(=O)Nc2ccc3c(c2)CCO3)[nH]1. The summed E-state index contributed by atoms with van der Waals surface area (Å²) in [6.45, 7) is 2.34. The summed E-state index contributed by atoms with van der Waals surface area (Å²) in [4.78, 5) is 6.59. The minimum atomic E-state index is -3.62. The lowest BCUT2D eigenvalue weighted by atomic mass is 10.1. The van der Waals surface area contributed by atoms with Crippen molar-refractivity contribution < 1.29 is 13.2 Å². The summed E-state index contributed by atoms with van der Waals surface area (Å²) in [6, 6.07) is 5.26. The molecule has 0 radical (unpaired) electrons. The van der Waals surface area contributed by atoms with Gasteiger partial charge in [0, 0.05) is 12.1 Å². The van der Waals surface area contributed by atoms with E-state index >= 15 is 0 Å². The molecule has 2 aromatic rings. The molecule has 7 heteroatoms. The van der Waals surface area contributed by atoms with Crippen molar-refractivity contribution >= 4 is 15.7 Å². The van der Waals surface area contributed by atoms with Crippen molar-refractivity contribution in [3.63, 3.8) is 0 Å². The Morgan fingerprint density at radius 2 is 2.26 bits per heavy atom. The van der Waals surface area contributed by atoms with Gasteiger partial charge in [-0.2, -0.15) is 8.42 Å². The van der Waals surface area contributed by atoms with Crippen molar-refractivity contribution in [3.8, 4) is 5.75 Å². The molecule has 1 aliphatic heterocycles. The van der Waals surface area contributed by atoms with Crippen LogP contribution in [0.25, 0.3) is 0 Å². The Hall–Kier alpha value is -2.02. The number of benzene rings is 1. The fourth-order valence-corrected chi connectivity index (χ4v) is 3.02. The Labute approximate surface area is 110 Å². The molecule has 1 aromatic carbocycles. The molecule has 0 fully saturated rings. The van der Waals surface area contributed by atoms with E-state index in [1.54, 1.807) is 25.1 Å². The largest absolute Gasteiger partial charge is 0.493 e. The number of rotatable bonds is 3. The zero-order valence-electron chi connectivity index (χ0n) is 10.3. The molecular weight excluding hydrogens is 266 g/mol. The lowest BCUT2D eigenvalue weighted by molar-refractivity contribution is 0.357. The molecule has 0 amide bonds. The number of hydrogen-bond acceptors (Lipinski definition) is 4. The van der Waals surface area contributed by atoms with Crippen LogP contribution in [-0.4, -0.2) is 25.0 Å². The quantitative estimate of drug-likeness (QED) is 0.890. The third-order valence-electron chi connectivity index (χ3n) is 2.91. The van der Waals surface area contributed by atoms with Gasteiger partial charge in [-0.05, 0) is 30.7 Å². The predicted molar refractivity (Wildman–Crippen MR) is 69.8 cm³/mol. The summed E-state index contributed by atoms with van der Waals surface area (Å²) < 4.78 is 32.1. The maximum atomic E-state index is 12.1. The van der Waals surface area contributed by atoms with E-state index in [4.69, 9.17) is 4.74 Å². The second-order valence-corrected chi connectivity index (χ2v) is 6.01. The molecule has 0 bridgehead atoms. The number of nitrogens with one attached hydrogen (secondary N) is 2. The van der Waals surface area contributed by atoms with Crippen LogP contribution in [0.15, 0.2) is 29.4 Å². The molecule has 1 aliphatic rings. The second-order valence-electron chi connectivity index (χ2n) is 4.36. The number of nitrogens with zero attached hydrogens (tertiary/aromatic N) is 1. The normalized spacial score (nSPS) is 13.9. The van der Waals surface area contributed by atoms with E-state index in [0.717, 1.165) is 17.7 Å². The van der Waals surface area contributed by atoms with Gasteiger partial charge in [0.2, 0.25) is 0 Å². The molecule has 0 atom stereocenters. The van der Waals surface area contributed by atoms with Crippen molar-refractivity contribution in [2.45, 2.75) is 18.4 Å². The van der Waals surface area contributed by atoms with Crippen molar-refractivity contribution in [1.29, 1.82) is 0 Å². The van der Waals surface area contributed by atoms with Gasteiger partial charge in [0.25, 0.3) is 10.0 Å². The van der Waals surface area contributed by atoms with Crippen LogP contribution >= 0.6 is 0 Å². The predicted octanol–water partition coefficient (Wildman–Crippen LogP) is 1.45. The number of sulfonamides is 1. The molecule has 0 saturated carbocycles. The van der Waals surface area contributed by atoms with Crippen LogP contribution in [0.1, 0.15) is 11.4 Å².